The number of methoxy groups -OCH3 is 1. The average Bonchev–Trinajstić information content (AvgIpc) is 2.21. The molecule has 0 N–H and O–H groups in total. The molecule has 2 rings (SSSR count). The zero-order valence-electron chi connectivity index (χ0n) is 8.63. The van der Waals surface area contributed by atoms with Crippen LogP contribution in [0.4, 0.5) is 8.78 Å². The Kier molecular flexibility index (Phi) is 2.63. The Morgan fingerprint density at radius 2 is 2.12 bits per heavy atom. The highest BCUT2D eigenvalue weighted by molar-refractivity contribution is 5.84. The van der Waals surface area contributed by atoms with Crippen molar-refractivity contribution in [2.24, 2.45) is 0 Å². The van der Waals surface area contributed by atoms with Crippen molar-refractivity contribution in [1.82, 2.24) is 0 Å². The molecule has 1 heterocycles. The summed E-state index contributed by atoms with van der Waals surface area (Å²) in [7, 11) is 1.21. The van der Waals surface area contributed by atoms with Crippen molar-refractivity contribution in [3.05, 3.63) is 35.4 Å². The van der Waals surface area contributed by atoms with E-state index < -0.39 is 23.0 Å². The van der Waals surface area contributed by atoms with Crippen molar-refractivity contribution >= 4 is 5.97 Å². The van der Waals surface area contributed by atoms with Gasteiger partial charge in [-0.15, -0.1) is 0 Å². The van der Waals surface area contributed by atoms with Crippen molar-refractivity contribution < 1.29 is 23.0 Å². The average molecular weight is 228 g/mol. The number of carbonyl (C=O) groups is 1. The third-order valence-electron chi connectivity index (χ3n) is 2.72. The maximum Gasteiger partial charge on any atom is 0.321 e. The molecule has 1 aromatic carbocycles. The molecule has 5 heteroatoms. The normalized spacial score (nSPS) is 17.7. The molecule has 16 heavy (non-hydrogen) atoms. The zero-order chi connectivity index (χ0) is 11.8. The van der Waals surface area contributed by atoms with Crippen molar-refractivity contribution in [3.63, 3.8) is 0 Å². The van der Waals surface area contributed by atoms with Crippen LogP contribution in [0.1, 0.15) is 5.56 Å². The van der Waals surface area contributed by atoms with E-state index in [4.69, 9.17) is 4.74 Å². The molecule has 0 spiro atoms. The van der Waals surface area contributed by atoms with Gasteiger partial charge in [-0.25, -0.2) is 8.78 Å². The fourth-order valence-electron chi connectivity index (χ4n) is 1.75. The maximum absolute atomic E-state index is 13.6. The van der Waals surface area contributed by atoms with Crippen LogP contribution in [0.2, 0.25) is 0 Å². The van der Waals surface area contributed by atoms with E-state index >= 15 is 0 Å². The third-order valence-corrected chi connectivity index (χ3v) is 2.72. The summed E-state index contributed by atoms with van der Waals surface area (Å²) in [5.74, 6) is -1.83. The Morgan fingerprint density at radius 3 is 2.62 bits per heavy atom. The lowest BCUT2D eigenvalue weighted by molar-refractivity contribution is -0.167. The summed E-state index contributed by atoms with van der Waals surface area (Å²) in [4.78, 5) is 11.6. The number of hydrogen-bond acceptors (Lipinski definition) is 3. The van der Waals surface area contributed by atoms with Gasteiger partial charge >= 0.3 is 5.97 Å². The summed E-state index contributed by atoms with van der Waals surface area (Å²) in [6, 6.07) is 3.01. The highest BCUT2D eigenvalue weighted by atomic mass is 19.1. The number of esters is 1. The summed E-state index contributed by atoms with van der Waals surface area (Å²) < 4.78 is 36.1. The number of carbonyl (C=O) groups excluding carboxylic acids is 1. The number of hydrogen-bond donors (Lipinski definition) is 0. The van der Waals surface area contributed by atoms with Gasteiger partial charge in [-0.1, -0.05) is 0 Å². The summed E-state index contributed by atoms with van der Waals surface area (Å²) in [6.07, 6.45) is 0. The largest absolute Gasteiger partial charge is 0.468 e. The van der Waals surface area contributed by atoms with E-state index in [1.165, 1.54) is 7.11 Å². The van der Waals surface area contributed by atoms with Crippen LogP contribution in [0.25, 0.3) is 0 Å². The predicted octanol–water partition coefficient (Wildman–Crippen LogP) is 1.41. The van der Waals surface area contributed by atoms with Gasteiger partial charge in [-0.05, 0) is 18.2 Å². The van der Waals surface area contributed by atoms with E-state index in [1.807, 2.05) is 0 Å². The van der Waals surface area contributed by atoms with Gasteiger partial charge in [0.1, 0.15) is 17.0 Å². The lowest BCUT2D eigenvalue weighted by Crippen LogP contribution is -2.54. The summed E-state index contributed by atoms with van der Waals surface area (Å²) in [5, 5.41) is 0. The molecule has 1 aliphatic rings. The SMILES string of the molecule is COC(=O)C1(c2cc(F)ccc2F)COC1. The Morgan fingerprint density at radius 1 is 1.44 bits per heavy atom. The van der Waals surface area contributed by atoms with E-state index in [1.54, 1.807) is 0 Å². The molecule has 1 saturated heterocycles. The number of benzene rings is 1. The topological polar surface area (TPSA) is 35.5 Å². The molecule has 1 aliphatic heterocycles. The molecule has 0 aromatic heterocycles. The van der Waals surface area contributed by atoms with Gasteiger partial charge in [0.05, 0.1) is 20.3 Å². The number of ether oxygens (including phenoxy) is 2. The molecule has 0 unspecified atom stereocenters. The minimum Gasteiger partial charge on any atom is -0.468 e. The molecular weight excluding hydrogens is 218 g/mol. The first-order valence-electron chi connectivity index (χ1n) is 4.72. The van der Waals surface area contributed by atoms with Crippen LogP contribution < -0.4 is 0 Å². The molecular formula is C11H10F2O3. The van der Waals surface area contributed by atoms with Gasteiger partial charge in [0, 0.05) is 5.56 Å². The van der Waals surface area contributed by atoms with Gasteiger partial charge < -0.3 is 9.47 Å². The second kappa shape index (κ2) is 3.83. The smallest absolute Gasteiger partial charge is 0.321 e. The maximum atomic E-state index is 13.6. The minimum absolute atomic E-state index is 0.00870. The first-order chi connectivity index (χ1) is 7.60. The van der Waals surface area contributed by atoms with Crippen LogP contribution in [0.15, 0.2) is 18.2 Å². The molecule has 0 bridgehead atoms. The second-order valence-corrected chi connectivity index (χ2v) is 3.69. The summed E-state index contributed by atoms with van der Waals surface area (Å²) in [5.41, 5.74) is -1.20. The summed E-state index contributed by atoms with van der Waals surface area (Å²) >= 11 is 0. The van der Waals surface area contributed by atoms with Crippen molar-refractivity contribution in [1.29, 1.82) is 0 Å². The van der Waals surface area contributed by atoms with E-state index in [0.717, 1.165) is 18.2 Å². The van der Waals surface area contributed by atoms with Crippen LogP contribution in [0, 0.1) is 11.6 Å². The molecule has 1 fully saturated rings. The molecule has 86 valence electrons. The first kappa shape index (κ1) is 11.0. The van der Waals surface area contributed by atoms with Gasteiger partial charge in [0.25, 0.3) is 0 Å². The first-order valence-corrected chi connectivity index (χ1v) is 4.72. The molecule has 0 saturated carbocycles. The molecule has 0 amide bonds. The van der Waals surface area contributed by atoms with Crippen molar-refractivity contribution in [2.75, 3.05) is 20.3 Å². The van der Waals surface area contributed by atoms with E-state index in [9.17, 15) is 13.6 Å². The lowest BCUT2D eigenvalue weighted by Gasteiger charge is -2.38. The van der Waals surface area contributed by atoms with Crippen molar-refractivity contribution in [3.8, 4) is 0 Å². The van der Waals surface area contributed by atoms with Gasteiger partial charge in [0.2, 0.25) is 0 Å². The molecule has 0 radical (unpaired) electrons. The quantitative estimate of drug-likeness (QED) is 0.718. The van der Waals surface area contributed by atoms with Crippen LogP contribution in [-0.2, 0) is 19.7 Å². The van der Waals surface area contributed by atoms with Crippen LogP contribution in [0.5, 0.6) is 0 Å². The van der Waals surface area contributed by atoms with E-state index in [-0.39, 0.29) is 18.8 Å². The fourth-order valence-corrected chi connectivity index (χ4v) is 1.75. The second-order valence-electron chi connectivity index (χ2n) is 3.69. The highest BCUT2D eigenvalue weighted by Crippen LogP contribution is 2.35. The lowest BCUT2D eigenvalue weighted by atomic mass is 9.78. The summed E-state index contributed by atoms with van der Waals surface area (Å²) in [6.45, 7) is 0.0279. The van der Waals surface area contributed by atoms with Gasteiger partial charge in [-0.3, -0.25) is 4.79 Å². The van der Waals surface area contributed by atoms with Crippen molar-refractivity contribution in [2.45, 2.75) is 5.41 Å². The van der Waals surface area contributed by atoms with Gasteiger partial charge in [0.15, 0.2) is 0 Å². The van der Waals surface area contributed by atoms with Gasteiger partial charge in [-0.2, -0.15) is 0 Å². The highest BCUT2D eigenvalue weighted by Gasteiger charge is 2.50. The van der Waals surface area contributed by atoms with Crippen LogP contribution >= 0.6 is 0 Å². The Hall–Kier alpha value is -1.49. The Labute approximate surface area is 91.0 Å². The zero-order valence-corrected chi connectivity index (χ0v) is 8.63. The molecule has 0 atom stereocenters. The Balaban J connectivity index is 2.48. The van der Waals surface area contributed by atoms with E-state index in [2.05, 4.69) is 4.74 Å². The monoisotopic (exact) mass is 228 g/mol. The van der Waals surface area contributed by atoms with Crippen LogP contribution in [-0.4, -0.2) is 26.3 Å². The molecule has 0 aliphatic carbocycles. The number of rotatable bonds is 2. The standard InChI is InChI=1S/C11H10F2O3/c1-15-10(14)11(5-16-6-11)8-4-7(12)2-3-9(8)13/h2-4H,5-6H2,1H3. The van der Waals surface area contributed by atoms with Crippen LogP contribution in [0.3, 0.4) is 0 Å². The molecule has 1 aromatic rings. The predicted molar refractivity (Wildman–Crippen MR) is 50.9 cm³/mol. The number of halogens is 2. The minimum atomic E-state index is -1.19. The molecule has 3 nitrogen and oxygen atoms in total. The Bertz CT molecular complexity index is 427. The van der Waals surface area contributed by atoms with E-state index in [0.29, 0.717) is 0 Å². The third kappa shape index (κ3) is 1.48. The fraction of sp³-hybridized carbons (Fsp3) is 0.364.